The molecule has 2 N–H and O–H groups in total. The van der Waals surface area contributed by atoms with Crippen LogP contribution in [-0.2, 0) is 11.3 Å². The van der Waals surface area contributed by atoms with Crippen molar-refractivity contribution in [1.82, 2.24) is 0 Å². The van der Waals surface area contributed by atoms with E-state index in [2.05, 4.69) is 26.0 Å². The van der Waals surface area contributed by atoms with Crippen LogP contribution in [0.4, 0.5) is 0 Å². The molecule has 0 spiro atoms. The van der Waals surface area contributed by atoms with E-state index in [1.54, 1.807) is 0 Å². The van der Waals surface area contributed by atoms with Gasteiger partial charge < -0.3 is 14.9 Å². The predicted octanol–water partition coefficient (Wildman–Crippen LogP) is 3.00. The molecule has 1 saturated carbocycles. The van der Waals surface area contributed by atoms with Gasteiger partial charge >= 0.3 is 0 Å². The minimum Gasteiger partial charge on any atom is -0.396 e. The Morgan fingerprint density at radius 1 is 1.24 bits per heavy atom. The van der Waals surface area contributed by atoms with E-state index in [0.29, 0.717) is 19.1 Å². The molecule has 0 radical (unpaired) electrons. The van der Waals surface area contributed by atoms with Gasteiger partial charge in [-0.25, -0.2) is 0 Å². The molecule has 4 atom stereocenters. The van der Waals surface area contributed by atoms with E-state index >= 15 is 0 Å². The Labute approximate surface area is 128 Å². The van der Waals surface area contributed by atoms with Crippen LogP contribution in [0, 0.1) is 17.3 Å². The van der Waals surface area contributed by atoms with Crippen molar-refractivity contribution in [1.29, 1.82) is 0 Å². The molecule has 0 aromatic heterocycles. The first-order valence-electron chi connectivity index (χ1n) is 7.98. The van der Waals surface area contributed by atoms with Crippen molar-refractivity contribution in [2.24, 2.45) is 17.3 Å². The Hall–Kier alpha value is -0.900. The number of aliphatic hydroxyl groups is 2. The summed E-state index contributed by atoms with van der Waals surface area (Å²) in [5.74, 6) is 0.458. The van der Waals surface area contributed by atoms with Gasteiger partial charge in [-0.15, -0.1) is 0 Å². The van der Waals surface area contributed by atoms with Gasteiger partial charge in [0.05, 0.1) is 12.7 Å². The Morgan fingerprint density at radius 2 is 1.95 bits per heavy atom. The van der Waals surface area contributed by atoms with Crippen LogP contribution in [0.15, 0.2) is 30.3 Å². The molecule has 0 bridgehead atoms. The van der Waals surface area contributed by atoms with Crippen LogP contribution < -0.4 is 0 Å². The fraction of sp³-hybridized carbons (Fsp3) is 0.667. The topological polar surface area (TPSA) is 49.7 Å². The van der Waals surface area contributed by atoms with Gasteiger partial charge in [0.1, 0.15) is 0 Å². The van der Waals surface area contributed by atoms with Crippen LogP contribution in [0.25, 0.3) is 0 Å². The van der Waals surface area contributed by atoms with E-state index in [9.17, 15) is 10.2 Å². The highest BCUT2D eigenvalue weighted by molar-refractivity contribution is 5.13. The first-order valence-corrected chi connectivity index (χ1v) is 7.98. The molecule has 1 aliphatic carbocycles. The van der Waals surface area contributed by atoms with E-state index in [4.69, 9.17) is 4.74 Å². The first kappa shape index (κ1) is 16.5. The SMILES string of the molecule is C[C@@H]1CC[C@H](O)[C@H](CO)[C@]1(C)CCOCc1ccccc1. The molecular weight excluding hydrogens is 264 g/mol. The van der Waals surface area contributed by atoms with Crippen molar-refractivity contribution in [2.75, 3.05) is 13.2 Å². The summed E-state index contributed by atoms with van der Waals surface area (Å²) >= 11 is 0. The summed E-state index contributed by atoms with van der Waals surface area (Å²) in [7, 11) is 0. The average molecular weight is 292 g/mol. The predicted molar refractivity (Wildman–Crippen MR) is 83.8 cm³/mol. The second-order valence-electron chi connectivity index (χ2n) is 6.63. The van der Waals surface area contributed by atoms with Crippen molar-refractivity contribution < 1.29 is 14.9 Å². The van der Waals surface area contributed by atoms with Gasteiger partial charge in [-0.1, -0.05) is 44.2 Å². The maximum Gasteiger partial charge on any atom is 0.0716 e. The molecule has 0 amide bonds. The van der Waals surface area contributed by atoms with Gasteiger partial charge in [0, 0.05) is 19.1 Å². The molecule has 2 rings (SSSR count). The van der Waals surface area contributed by atoms with Crippen LogP contribution >= 0.6 is 0 Å². The monoisotopic (exact) mass is 292 g/mol. The number of ether oxygens (including phenoxy) is 1. The molecule has 0 saturated heterocycles. The summed E-state index contributed by atoms with van der Waals surface area (Å²) in [6, 6.07) is 10.2. The number of hydrogen-bond acceptors (Lipinski definition) is 3. The van der Waals surface area contributed by atoms with Crippen LogP contribution in [-0.4, -0.2) is 29.5 Å². The third-order valence-electron chi connectivity index (χ3n) is 5.43. The summed E-state index contributed by atoms with van der Waals surface area (Å²) in [5.41, 5.74) is 1.13. The van der Waals surface area contributed by atoms with Gasteiger partial charge in [0.25, 0.3) is 0 Å². The van der Waals surface area contributed by atoms with E-state index in [-0.39, 0.29) is 24.0 Å². The second kappa shape index (κ2) is 7.39. The molecule has 1 aliphatic rings. The summed E-state index contributed by atoms with van der Waals surface area (Å²) in [5, 5.41) is 19.8. The maximum atomic E-state index is 10.2. The lowest BCUT2D eigenvalue weighted by Gasteiger charge is -2.48. The van der Waals surface area contributed by atoms with Crippen LogP contribution in [0.1, 0.15) is 38.7 Å². The number of aliphatic hydroxyl groups excluding tert-OH is 2. The maximum absolute atomic E-state index is 10.2. The van der Waals surface area contributed by atoms with Gasteiger partial charge in [-0.2, -0.15) is 0 Å². The third kappa shape index (κ3) is 3.85. The summed E-state index contributed by atoms with van der Waals surface area (Å²) in [6.45, 7) is 5.76. The fourth-order valence-electron chi connectivity index (χ4n) is 3.57. The van der Waals surface area contributed by atoms with Gasteiger partial charge in [-0.3, -0.25) is 0 Å². The molecule has 118 valence electrons. The molecule has 0 heterocycles. The average Bonchev–Trinajstić information content (AvgIpc) is 2.50. The number of benzene rings is 1. The molecule has 1 aromatic rings. The molecule has 1 fully saturated rings. The van der Waals surface area contributed by atoms with E-state index in [0.717, 1.165) is 19.3 Å². The molecule has 3 nitrogen and oxygen atoms in total. The Bertz CT molecular complexity index is 420. The second-order valence-corrected chi connectivity index (χ2v) is 6.63. The molecule has 3 heteroatoms. The summed E-state index contributed by atoms with van der Waals surface area (Å²) in [4.78, 5) is 0. The van der Waals surface area contributed by atoms with Gasteiger partial charge in [-0.05, 0) is 36.2 Å². The smallest absolute Gasteiger partial charge is 0.0716 e. The van der Waals surface area contributed by atoms with Crippen LogP contribution in [0.3, 0.4) is 0 Å². The van der Waals surface area contributed by atoms with Crippen LogP contribution in [0.5, 0.6) is 0 Å². The lowest BCUT2D eigenvalue weighted by Crippen LogP contribution is -2.47. The van der Waals surface area contributed by atoms with Gasteiger partial charge in [0.2, 0.25) is 0 Å². The van der Waals surface area contributed by atoms with Crippen LogP contribution in [0.2, 0.25) is 0 Å². The highest BCUT2D eigenvalue weighted by Crippen LogP contribution is 2.47. The minimum absolute atomic E-state index is 0.0402. The zero-order chi connectivity index (χ0) is 15.3. The van der Waals surface area contributed by atoms with E-state index < -0.39 is 0 Å². The lowest BCUT2D eigenvalue weighted by atomic mass is 9.59. The zero-order valence-corrected chi connectivity index (χ0v) is 13.2. The molecule has 1 aromatic carbocycles. The zero-order valence-electron chi connectivity index (χ0n) is 13.2. The van der Waals surface area contributed by atoms with Crippen molar-refractivity contribution in [3.05, 3.63) is 35.9 Å². The van der Waals surface area contributed by atoms with E-state index in [1.807, 2.05) is 18.2 Å². The van der Waals surface area contributed by atoms with Crippen molar-refractivity contribution in [3.63, 3.8) is 0 Å². The van der Waals surface area contributed by atoms with Crippen molar-refractivity contribution in [3.8, 4) is 0 Å². The standard InChI is InChI=1S/C18H28O3/c1-14-8-9-17(20)16(12-19)18(14,2)10-11-21-13-15-6-4-3-5-7-15/h3-7,14,16-17,19-20H,8-13H2,1-2H3/t14-,16+,17+,18-/m1/s1. The summed E-state index contributed by atoms with van der Waals surface area (Å²) < 4.78 is 5.80. The Balaban J connectivity index is 1.87. The number of rotatable bonds is 6. The first-order chi connectivity index (χ1) is 10.1. The lowest BCUT2D eigenvalue weighted by molar-refractivity contribution is -0.0887. The Kier molecular flexibility index (Phi) is 5.80. The molecule has 0 aliphatic heterocycles. The highest BCUT2D eigenvalue weighted by Gasteiger charge is 2.45. The molecule has 0 unspecified atom stereocenters. The summed E-state index contributed by atoms with van der Waals surface area (Å²) in [6.07, 6.45) is 2.31. The molecule has 21 heavy (non-hydrogen) atoms. The van der Waals surface area contributed by atoms with E-state index in [1.165, 1.54) is 5.56 Å². The van der Waals surface area contributed by atoms with Crippen molar-refractivity contribution in [2.45, 2.75) is 45.8 Å². The van der Waals surface area contributed by atoms with Gasteiger partial charge in [0.15, 0.2) is 0 Å². The largest absolute Gasteiger partial charge is 0.396 e. The van der Waals surface area contributed by atoms with Crippen molar-refractivity contribution >= 4 is 0 Å². The Morgan fingerprint density at radius 3 is 2.62 bits per heavy atom. The normalized spacial score (nSPS) is 33.0. The quantitative estimate of drug-likeness (QED) is 0.792. The molecular formula is C18H28O3. The fourth-order valence-corrected chi connectivity index (χ4v) is 3.57. The highest BCUT2D eigenvalue weighted by atomic mass is 16.5. The number of hydrogen-bond donors (Lipinski definition) is 2. The third-order valence-corrected chi connectivity index (χ3v) is 5.43. The minimum atomic E-state index is -0.384.